The molecule has 0 spiro atoms. The smallest absolute Gasteiger partial charge is 0.339 e. The molecule has 0 N–H and O–H groups in total. The Morgan fingerprint density at radius 3 is 2.67 bits per heavy atom. The highest BCUT2D eigenvalue weighted by atomic mass is 16.5. The van der Waals surface area contributed by atoms with Crippen LogP contribution < -0.4 is 10.4 Å². The Morgan fingerprint density at radius 1 is 1.25 bits per heavy atom. The highest BCUT2D eigenvalue weighted by molar-refractivity contribution is 5.83. The van der Waals surface area contributed by atoms with Gasteiger partial charge in [-0.05, 0) is 51.3 Å². The highest BCUT2D eigenvalue weighted by Crippen LogP contribution is 2.25. The lowest BCUT2D eigenvalue weighted by molar-refractivity contribution is -0.122. The van der Waals surface area contributed by atoms with Crippen LogP contribution in [0, 0.1) is 6.92 Å². The van der Waals surface area contributed by atoms with Crippen molar-refractivity contribution in [1.82, 2.24) is 0 Å². The fraction of sp³-hybridized carbons (Fsp3) is 0.500. The molecule has 1 atom stereocenters. The molecule has 0 aliphatic carbocycles. The van der Waals surface area contributed by atoms with E-state index < -0.39 is 6.10 Å². The molecule has 2 aromatic rings. The van der Waals surface area contributed by atoms with Gasteiger partial charge in [0, 0.05) is 17.0 Å². The summed E-state index contributed by atoms with van der Waals surface area (Å²) in [6, 6.07) is 5.39. The van der Waals surface area contributed by atoms with Crippen LogP contribution in [0.1, 0.15) is 57.6 Å². The third kappa shape index (κ3) is 4.25. The van der Waals surface area contributed by atoms with Crippen molar-refractivity contribution in [2.45, 2.75) is 65.9 Å². The van der Waals surface area contributed by atoms with Crippen LogP contribution >= 0.6 is 0 Å². The number of hydrogen-bond acceptors (Lipinski definition) is 4. The number of carbonyl (C=O) groups is 1. The molecule has 1 aromatic heterocycles. The lowest BCUT2D eigenvalue weighted by Gasteiger charge is -2.13. The largest absolute Gasteiger partial charge is 0.483 e. The fourth-order valence-corrected chi connectivity index (χ4v) is 2.75. The number of Topliss-reactive ketones (excluding diaryl/α,β-unsaturated/α-hetero) is 1. The average molecular weight is 330 g/mol. The third-order valence-electron chi connectivity index (χ3n) is 4.42. The summed E-state index contributed by atoms with van der Waals surface area (Å²) in [7, 11) is 0. The molecule has 0 aliphatic heterocycles. The number of rotatable bonds is 8. The van der Waals surface area contributed by atoms with E-state index in [1.165, 1.54) is 19.8 Å². The summed E-state index contributed by atoms with van der Waals surface area (Å²) in [5, 5.41) is 0.919. The van der Waals surface area contributed by atoms with Gasteiger partial charge in [0.05, 0.1) is 0 Å². The summed E-state index contributed by atoms with van der Waals surface area (Å²) in [6.45, 7) is 7.32. The molecule has 1 aromatic carbocycles. The number of benzene rings is 1. The Hall–Kier alpha value is -2.10. The molecule has 1 heterocycles. The van der Waals surface area contributed by atoms with Crippen LogP contribution in [0.4, 0.5) is 0 Å². The Labute approximate surface area is 142 Å². The summed E-state index contributed by atoms with van der Waals surface area (Å²) < 4.78 is 11.1. The van der Waals surface area contributed by atoms with E-state index in [4.69, 9.17) is 9.15 Å². The molecule has 0 amide bonds. The van der Waals surface area contributed by atoms with Gasteiger partial charge in [-0.3, -0.25) is 4.79 Å². The molecular formula is C20H26O4. The van der Waals surface area contributed by atoms with Crippen LogP contribution in [0.25, 0.3) is 11.0 Å². The van der Waals surface area contributed by atoms with Gasteiger partial charge in [0.15, 0.2) is 11.9 Å². The lowest BCUT2D eigenvalue weighted by atomic mass is 10.0. The molecule has 0 fully saturated rings. The van der Waals surface area contributed by atoms with Crippen LogP contribution in [0.2, 0.25) is 0 Å². The van der Waals surface area contributed by atoms with Gasteiger partial charge in [0.25, 0.3) is 0 Å². The molecule has 0 bridgehead atoms. The van der Waals surface area contributed by atoms with Crippen molar-refractivity contribution in [3.63, 3.8) is 0 Å². The van der Waals surface area contributed by atoms with E-state index in [0.29, 0.717) is 11.3 Å². The second-order valence-corrected chi connectivity index (χ2v) is 6.33. The molecule has 4 nitrogen and oxygen atoms in total. The zero-order valence-electron chi connectivity index (χ0n) is 15.0. The van der Waals surface area contributed by atoms with Crippen LogP contribution in [0.15, 0.2) is 27.4 Å². The maximum atomic E-state index is 12.3. The van der Waals surface area contributed by atoms with Gasteiger partial charge in [-0.15, -0.1) is 0 Å². The molecule has 24 heavy (non-hydrogen) atoms. The first-order valence-electron chi connectivity index (χ1n) is 8.67. The van der Waals surface area contributed by atoms with E-state index in [1.807, 2.05) is 19.1 Å². The van der Waals surface area contributed by atoms with E-state index >= 15 is 0 Å². The minimum atomic E-state index is -0.520. The Bertz CT molecular complexity index is 773. The SMILES string of the molecule is CCCCCCc1c(C)c2ccc(O[C@@H](C)C(C)=O)cc2oc1=O. The van der Waals surface area contributed by atoms with E-state index in [-0.39, 0.29) is 11.4 Å². The van der Waals surface area contributed by atoms with E-state index in [9.17, 15) is 9.59 Å². The summed E-state index contributed by atoms with van der Waals surface area (Å²) in [4.78, 5) is 23.6. The molecular weight excluding hydrogens is 304 g/mol. The van der Waals surface area contributed by atoms with Crippen molar-refractivity contribution in [1.29, 1.82) is 0 Å². The van der Waals surface area contributed by atoms with Gasteiger partial charge < -0.3 is 9.15 Å². The second-order valence-electron chi connectivity index (χ2n) is 6.33. The number of aryl methyl sites for hydroxylation is 1. The van der Waals surface area contributed by atoms with Gasteiger partial charge in [0.2, 0.25) is 0 Å². The molecule has 0 saturated carbocycles. The number of fused-ring (bicyclic) bond motifs is 1. The summed E-state index contributed by atoms with van der Waals surface area (Å²) in [6.07, 6.45) is 4.72. The predicted molar refractivity (Wildman–Crippen MR) is 95.8 cm³/mol. The average Bonchev–Trinajstić information content (AvgIpc) is 2.53. The highest BCUT2D eigenvalue weighted by Gasteiger charge is 2.14. The summed E-state index contributed by atoms with van der Waals surface area (Å²) >= 11 is 0. The van der Waals surface area contributed by atoms with Gasteiger partial charge in [-0.2, -0.15) is 0 Å². The minimum Gasteiger partial charge on any atom is -0.483 e. The quantitative estimate of drug-likeness (QED) is 0.525. The van der Waals surface area contributed by atoms with Crippen molar-refractivity contribution in [2.75, 3.05) is 0 Å². The van der Waals surface area contributed by atoms with Crippen molar-refractivity contribution < 1.29 is 13.9 Å². The van der Waals surface area contributed by atoms with E-state index in [2.05, 4.69) is 6.92 Å². The van der Waals surface area contributed by atoms with Crippen LogP contribution in [0.3, 0.4) is 0 Å². The third-order valence-corrected chi connectivity index (χ3v) is 4.42. The molecule has 0 saturated heterocycles. The molecule has 130 valence electrons. The second kappa shape index (κ2) is 8.13. The van der Waals surface area contributed by atoms with Crippen molar-refractivity contribution in [2.24, 2.45) is 0 Å². The van der Waals surface area contributed by atoms with Gasteiger partial charge in [-0.25, -0.2) is 4.79 Å². The number of ketones is 1. The maximum absolute atomic E-state index is 12.3. The number of unbranched alkanes of at least 4 members (excludes halogenated alkanes) is 3. The Morgan fingerprint density at radius 2 is 2.00 bits per heavy atom. The first-order chi connectivity index (χ1) is 11.4. The van der Waals surface area contributed by atoms with Gasteiger partial charge in [0.1, 0.15) is 11.3 Å². The van der Waals surface area contributed by atoms with Gasteiger partial charge in [-0.1, -0.05) is 26.2 Å². The first-order valence-corrected chi connectivity index (χ1v) is 8.67. The zero-order chi connectivity index (χ0) is 17.7. The van der Waals surface area contributed by atoms with Crippen LogP contribution in [-0.2, 0) is 11.2 Å². The zero-order valence-corrected chi connectivity index (χ0v) is 15.0. The Balaban J connectivity index is 2.29. The maximum Gasteiger partial charge on any atom is 0.339 e. The summed E-state index contributed by atoms with van der Waals surface area (Å²) in [5.74, 6) is 0.485. The standard InChI is InChI=1S/C20H26O4/c1-5-6-7-8-9-18-13(2)17-11-10-16(23-15(4)14(3)21)12-19(17)24-20(18)22/h10-12,15H,5-9H2,1-4H3/t15-/m0/s1. The minimum absolute atomic E-state index is 0.0462. The van der Waals surface area contributed by atoms with Crippen LogP contribution in [-0.4, -0.2) is 11.9 Å². The predicted octanol–water partition coefficient (Wildman–Crippen LogP) is 4.58. The lowest BCUT2D eigenvalue weighted by Crippen LogP contribution is -2.20. The Kier molecular flexibility index (Phi) is 6.18. The monoisotopic (exact) mass is 330 g/mol. The summed E-state index contributed by atoms with van der Waals surface area (Å²) in [5.41, 5.74) is 1.98. The van der Waals surface area contributed by atoms with Crippen molar-refractivity contribution in [3.05, 3.63) is 39.7 Å². The number of carbonyl (C=O) groups excluding carboxylic acids is 1. The van der Waals surface area contributed by atoms with Gasteiger partial charge >= 0.3 is 5.63 Å². The number of ether oxygens (including phenoxy) is 1. The normalized spacial score (nSPS) is 12.3. The topological polar surface area (TPSA) is 56.5 Å². The first kappa shape index (κ1) is 18.2. The number of hydrogen-bond donors (Lipinski definition) is 0. The van der Waals surface area contributed by atoms with Crippen LogP contribution in [0.5, 0.6) is 5.75 Å². The molecule has 4 heteroatoms. The van der Waals surface area contributed by atoms with E-state index in [0.717, 1.165) is 35.8 Å². The van der Waals surface area contributed by atoms with E-state index in [1.54, 1.807) is 13.0 Å². The van der Waals surface area contributed by atoms with Crippen molar-refractivity contribution >= 4 is 16.8 Å². The fourth-order valence-electron chi connectivity index (χ4n) is 2.75. The molecule has 0 aliphatic rings. The van der Waals surface area contributed by atoms with Crippen molar-refractivity contribution in [3.8, 4) is 5.75 Å². The molecule has 0 unspecified atom stereocenters. The molecule has 2 rings (SSSR count). The molecule has 0 radical (unpaired) electrons.